The molecule has 0 aliphatic heterocycles. The lowest BCUT2D eigenvalue weighted by molar-refractivity contribution is -0.158. The van der Waals surface area contributed by atoms with Gasteiger partial charge in [-0.2, -0.15) is 0 Å². The number of aromatic nitrogens is 2. The fourth-order valence-electron chi connectivity index (χ4n) is 2.31. The van der Waals surface area contributed by atoms with Gasteiger partial charge in [-0.05, 0) is 58.9 Å². The van der Waals surface area contributed by atoms with Gasteiger partial charge in [-0.15, -0.1) is 11.3 Å². The number of ether oxygens (including phenoxy) is 2. The molecule has 0 saturated carbocycles. The molecule has 7 heteroatoms. The summed E-state index contributed by atoms with van der Waals surface area (Å²) in [5.41, 5.74) is 2.08. The summed E-state index contributed by atoms with van der Waals surface area (Å²) in [4.78, 5) is 21.2. The van der Waals surface area contributed by atoms with Gasteiger partial charge in [0.25, 0.3) is 0 Å². The SMILES string of the molecule is CC(C)C(=O)OC(C)(C)C.CC(C)Oc1nc2ccccc2nc1-c1ccc(Cl)s1. The normalized spacial score (nSPS) is 11.4. The Hall–Kier alpha value is -2.18. The van der Waals surface area contributed by atoms with Crippen LogP contribution in [0.1, 0.15) is 48.5 Å². The maximum absolute atomic E-state index is 10.9. The molecule has 0 N–H and O–H groups in total. The van der Waals surface area contributed by atoms with E-state index < -0.39 is 0 Å². The average molecular weight is 449 g/mol. The van der Waals surface area contributed by atoms with E-state index in [-0.39, 0.29) is 23.6 Å². The number of hydrogen-bond acceptors (Lipinski definition) is 6. The van der Waals surface area contributed by atoms with Crippen LogP contribution in [0.15, 0.2) is 36.4 Å². The maximum atomic E-state index is 10.9. The maximum Gasteiger partial charge on any atom is 0.308 e. The van der Waals surface area contributed by atoms with E-state index in [0.717, 1.165) is 25.9 Å². The molecule has 0 amide bonds. The van der Waals surface area contributed by atoms with E-state index in [4.69, 9.17) is 21.1 Å². The number of fused-ring (bicyclic) bond motifs is 1. The molecule has 162 valence electrons. The second-order valence-corrected chi connectivity index (χ2v) is 10.0. The van der Waals surface area contributed by atoms with Crippen LogP contribution in [0.25, 0.3) is 21.6 Å². The summed E-state index contributed by atoms with van der Waals surface area (Å²) in [5, 5.41) is 0. The third-order valence-electron chi connectivity index (χ3n) is 3.57. The molecule has 0 atom stereocenters. The Morgan fingerprint density at radius 1 is 1.00 bits per heavy atom. The monoisotopic (exact) mass is 448 g/mol. The van der Waals surface area contributed by atoms with Gasteiger partial charge in [0.1, 0.15) is 11.3 Å². The number of rotatable bonds is 4. The van der Waals surface area contributed by atoms with Crippen LogP contribution < -0.4 is 4.74 Å². The Balaban J connectivity index is 0.000000274. The summed E-state index contributed by atoms with van der Waals surface area (Å²) in [7, 11) is 0. The number of nitrogens with zero attached hydrogens (tertiary/aromatic N) is 2. The highest BCUT2D eigenvalue weighted by molar-refractivity contribution is 7.19. The van der Waals surface area contributed by atoms with Crippen molar-refractivity contribution >= 4 is 39.9 Å². The van der Waals surface area contributed by atoms with Crippen molar-refractivity contribution < 1.29 is 14.3 Å². The molecule has 0 fully saturated rings. The minimum absolute atomic E-state index is 0.0285. The van der Waals surface area contributed by atoms with Gasteiger partial charge >= 0.3 is 5.97 Å². The smallest absolute Gasteiger partial charge is 0.308 e. The van der Waals surface area contributed by atoms with Crippen LogP contribution in [0, 0.1) is 5.92 Å². The molecule has 0 aliphatic rings. The molecule has 0 spiro atoms. The fourth-order valence-corrected chi connectivity index (χ4v) is 3.34. The first kappa shape index (κ1) is 24.1. The second-order valence-electron chi connectivity index (χ2n) is 8.32. The van der Waals surface area contributed by atoms with Crippen LogP contribution in [-0.4, -0.2) is 27.6 Å². The zero-order valence-electron chi connectivity index (χ0n) is 18.5. The predicted molar refractivity (Wildman–Crippen MR) is 124 cm³/mol. The van der Waals surface area contributed by atoms with E-state index in [2.05, 4.69) is 9.97 Å². The number of para-hydroxylation sites is 2. The predicted octanol–water partition coefficient (Wildman–Crippen LogP) is 6.78. The highest BCUT2D eigenvalue weighted by Crippen LogP contribution is 2.35. The largest absolute Gasteiger partial charge is 0.473 e. The zero-order chi connectivity index (χ0) is 22.5. The summed E-state index contributed by atoms with van der Waals surface area (Å²) >= 11 is 7.49. The van der Waals surface area contributed by atoms with E-state index in [1.54, 1.807) is 0 Å². The Morgan fingerprint density at radius 3 is 2.03 bits per heavy atom. The van der Waals surface area contributed by atoms with Crippen molar-refractivity contribution in [3.8, 4) is 16.5 Å². The molecule has 1 aromatic carbocycles. The van der Waals surface area contributed by atoms with Gasteiger partial charge in [-0.25, -0.2) is 9.97 Å². The Bertz CT molecular complexity index is 994. The molecule has 3 rings (SSSR count). The van der Waals surface area contributed by atoms with Crippen LogP contribution in [0.4, 0.5) is 0 Å². The van der Waals surface area contributed by atoms with E-state index in [0.29, 0.717) is 5.88 Å². The first-order valence-corrected chi connectivity index (χ1v) is 11.1. The minimum atomic E-state index is -0.346. The van der Waals surface area contributed by atoms with E-state index in [1.165, 1.54) is 11.3 Å². The summed E-state index contributed by atoms with van der Waals surface area (Å²) in [6.07, 6.45) is 0.0413. The molecular weight excluding hydrogens is 420 g/mol. The quantitative estimate of drug-likeness (QED) is 0.411. The number of hydrogen-bond donors (Lipinski definition) is 0. The first-order valence-electron chi connectivity index (χ1n) is 9.88. The molecule has 0 aliphatic carbocycles. The van der Waals surface area contributed by atoms with Crippen LogP contribution in [-0.2, 0) is 9.53 Å². The lowest BCUT2D eigenvalue weighted by Crippen LogP contribution is -2.26. The summed E-state index contributed by atoms with van der Waals surface area (Å²) in [5.74, 6) is 0.393. The Morgan fingerprint density at radius 2 is 1.60 bits per heavy atom. The van der Waals surface area contributed by atoms with Gasteiger partial charge < -0.3 is 9.47 Å². The number of carbonyl (C=O) groups excluding carboxylic acids is 1. The van der Waals surface area contributed by atoms with Crippen LogP contribution in [0.3, 0.4) is 0 Å². The van der Waals surface area contributed by atoms with Gasteiger partial charge in [-0.1, -0.05) is 37.6 Å². The van der Waals surface area contributed by atoms with Gasteiger partial charge in [0.05, 0.1) is 32.3 Å². The topological polar surface area (TPSA) is 61.3 Å². The van der Waals surface area contributed by atoms with Crippen molar-refractivity contribution in [2.45, 2.75) is 60.2 Å². The lowest BCUT2D eigenvalue weighted by Gasteiger charge is -2.20. The second kappa shape index (κ2) is 10.2. The first-order chi connectivity index (χ1) is 14.0. The van der Waals surface area contributed by atoms with Crippen molar-refractivity contribution in [2.75, 3.05) is 0 Å². The Labute approximate surface area is 187 Å². The van der Waals surface area contributed by atoms with Crippen molar-refractivity contribution in [1.29, 1.82) is 0 Å². The number of halogens is 1. The van der Waals surface area contributed by atoms with E-state index >= 15 is 0 Å². The highest BCUT2D eigenvalue weighted by atomic mass is 35.5. The third kappa shape index (κ3) is 7.26. The average Bonchev–Trinajstić information content (AvgIpc) is 3.06. The molecule has 0 unspecified atom stereocenters. The molecule has 0 radical (unpaired) electrons. The van der Waals surface area contributed by atoms with Crippen LogP contribution in [0.5, 0.6) is 5.88 Å². The molecular formula is C23H29ClN2O3S. The summed E-state index contributed by atoms with van der Waals surface area (Å²) < 4.78 is 11.6. The third-order valence-corrected chi connectivity index (χ3v) is 4.81. The lowest BCUT2D eigenvalue weighted by atomic mass is 10.1. The van der Waals surface area contributed by atoms with E-state index in [9.17, 15) is 4.79 Å². The zero-order valence-corrected chi connectivity index (χ0v) is 20.1. The van der Waals surface area contributed by atoms with Gasteiger partial charge in [0, 0.05) is 0 Å². The molecule has 3 aromatic rings. The van der Waals surface area contributed by atoms with Crippen molar-refractivity contribution in [3.05, 3.63) is 40.7 Å². The number of thiophene rings is 1. The molecule has 30 heavy (non-hydrogen) atoms. The summed E-state index contributed by atoms with van der Waals surface area (Å²) in [6, 6.07) is 11.6. The summed E-state index contributed by atoms with van der Waals surface area (Å²) in [6.45, 7) is 13.2. The standard InChI is InChI=1S/C15H13ClN2OS.C8H16O2/c1-9(2)19-15-14(12-7-8-13(16)20-12)17-10-5-3-4-6-11(10)18-15;1-6(2)7(9)10-8(3,4)5/h3-9H,1-2H3;6H,1-5H3. The van der Waals surface area contributed by atoms with E-state index in [1.807, 2.05) is 84.9 Å². The molecule has 2 aromatic heterocycles. The van der Waals surface area contributed by atoms with Crippen LogP contribution >= 0.6 is 22.9 Å². The number of benzene rings is 1. The minimum Gasteiger partial charge on any atom is -0.473 e. The number of carbonyl (C=O) groups is 1. The van der Waals surface area contributed by atoms with Crippen molar-refractivity contribution in [3.63, 3.8) is 0 Å². The molecule has 5 nitrogen and oxygen atoms in total. The molecule has 0 saturated heterocycles. The highest BCUT2D eigenvalue weighted by Gasteiger charge is 2.18. The molecule has 0 bridgehead atoms. The van der Waals surface area contributed by atoms with Gasteiger partial charge in [-0.3, -0.25) is 4.79 Å². The Kier molecular flexibility index (Phi) is 8.21. The van der Waals surface area contributed by atoms with Crippen molar-refractivity contribution in [1.82, 2.24) is 9.97 Å². The number of esters is 1. The fraction of sp³-hybridized carbons (Fsp3) is 0.435. The van der Waals surface area contributed by atoms with Gasteiger partial charge in [0.2, 0.25) is 5.88 Å². The van der Waals surface area contributed by atoms with Crippen molar-refractivity contribution in [2.24, 2.45) is 5.92 Å². The van der Waals surface area contributed by atoms with Crippen LogP contribution in [0.2, 0.25) is 4.34 Å². The van der Waals surface area contributed by atoms with Gasteiger partial charge in [0.15, 0.2) is 0 Å². The molecule has 2 heterocycles.